The predicted octanol–water partition coefficient (Wildman–Crippen LogP) is 3.88. The van der Waals surface area contributed by atoms with Crippen molar-refractivity contribution in [1.82, 2.24) is 4.90 Å². The molecule has 5 heteroatoms. The molecule has 1 aliphatic heterocycles. The van der Waals surface area contributed by atoms with Gasteiger partial charge in [0, 0.05) is 12.6 Å². The lowest BCUT2D eigenvalue weighted by Gasteiger charge is -2.32. The Balaban J connectivity index is 1.54. The lowest BCUT2D eigenvalue weighted by molar-refractivity contribution is 0.00578. The van der Waals surface area contributed by atoms with Gasteiger partial charge in [-0.2, -0.15) is 0 Å². The molecule has 150 valence electrons. The van der Waals surface area contributed by atoms with Gasteiger partial charge in [0.15, 0.2) is 0 Å². The molecule has 0 bridgehead atoms. The predicted molar refractivity (Wildman–Crippen MR) is 112 cm³/mol. The molecule has 2 aliphatic rings. The Kier molecular flexibility index (Phi) is 6.24. The molecule has 1 saturated heterocycles. The zero-order valence-corrected chi connectivity index (χ0v) is 18.0. The molecule has 1 heterocycles. The lowest BCUT2D eigenvalue weighted by atomic mass is 9.79. The van der Waals surface area contributed by atoms with Crippen molar-refractivity contribution in [2.24, 2.45) is 5.92 Å². The van der Waals surface area contributed by atoms with Gasteiger partial charge in [-0.1, -0.05) is 26.0 Å². The highest BCUT2D eigenvalue weighted by atomic mass is 16.7. The molecule has 0 radical (unpaired) electrons. The van der Waals surface area contributed by atoms with Gasteiger partial charge in [0.25, 0.3) is 0 Å². The molecule has 1 aromatic rings. The Morgan fingerprint density at radius 2 is 1.78 bits per heavy atom. The first-order valence-corrected chi connectivity index (χ1v) is 10.5. The third kappa shape index (κ3) is 5.27. The normalized spacial score (nSPS) is 21.3. The van der Waals surface area contributed by atoms with Gasteiger partial charge in [-0.25, -0.2) is 0 Å². The van der Waals surface area contributed by atoms with Crippen LogP contribution in [0, 0.1) is 5.92 Å². The highest BCUT2D eigenvalue weighted by Gasteiger charge is 2.51. The van der Waals surface area contributed by atoms with E-state index in [1.807, 2.05) is 18.2 Å². The largest absolute Gasteiger partial charge is 0.494 e. The molecular weight excluding hydrogens is 337 g/mol. The van der Waals surface area contributed by atoms with Crippen LogP contribution in [0.15, 0.2) is 24.3 Å². The van der Waals surface area contributed by atoms with Crippen LogP contribution in [0.2, 0.25) is 0 Å². The summed E-state index contributed by atoms with van der Waals surface area (Å²) >= 11 is 0. The molecule has 1 aromatic carbocycles. The number of hydrogen-bond donors (Lipinski definition) is 0. The van der Waals surface area contributed by atoms with Gasteiger partial charge in [-0.15, -0.1) is 0 Å². The second-order valence-electron chi connectivity index (χ2n) is 9.46. The van der Waals surface area contributed by atoms with E-state index in [4.69, 9.17) is 14.0 Å². The lowest BCUT2D eigenvalue weighted by Crippen LogP contribution is -2.41. The highest BCUT2D eigenvalue weighted by molar-refractivity contribution is 6.62. The number of hydrogen-bond acceptors (Lipinski definition) is 4. The third-order valence-electron chi connectivity index (χ3n) is 6.09. The monoisotopic (exact) mass is 373 g/mol. The first-order chi connectivity index (χ1) is 12.7. The second-order valence-corrected chi connectivity index (χ2v) is 9.46. The molecule has 0 N–H and O–H groups in total. The van der Waals surface area contributed by atoms with Crippen LogP contribution in [-0.2, 0) is 9.31 Å². The van der Waals surface area contributed by atoms with Crippen molar-refractivity contribution in [3.05, 3.63) is 24.3 Å². The van der Waals surface area contributed by atoms with Gasteiger partial charge in [-0.05, 0) is 77.0 Å². The van der Waals surface area contributed by atoms with Crippen LogP contribution >= 0.6 is 0 Å². The topological polar surface area (TPSA) is 30.9 Å². The van der Waals surface area contributed by atoms with Crippen molar-refractivity contribution in [1.29, 1.82) is 0 Å². The van der Waals surface area contributed by atoms with E-state index in [1.54, 1.807) is 0 Å². The van der Waals surface area contributed by atoms with Gasteiger partial charge in [0.2, 0.25) is 0 Å². The Labute approximate surface area is 165 Å². The van der Waals surface area contributed by atoms with E-state index in [0.29, 0.717) is 0 Å². The van der Waals surface area contributed by atoms with E-state index >= 15 is 0 Å². The van der Waals surface area contributed by atoms with Gasteiger partial charge in [-0.3, -0.25) is 4.90 Å². The van der Waals surface area contributed by atoms with E-state index in [-0.39, 0.29) is 18.3 Å². The van der Waals surface area contributed by atoms with Crippen molar-refractivity contribution in [2.75, 3.05) is 19.7 Å². The standard InChI is InChI=1S/C22H36BNO3/c1-17(2)12-13-24(19-10-11-19)14-15-25-20-9-7-8-18(16-20)23-26-21(3,4)22(5,6)27-23/h7-9,16-17,19H,10-15H2,1-6H3. The number of nitrogens with zero attached hydrogens (tertiary/aromatic N) is 1. The molecule has 4 nitrogen and oxygen atoms in total. The number of ether oxygens (including phenoxy) is 1. The summed E-state index contributed by atoms with van der Waals surface area (Å²) in [6.45, 7) is 15.8. The molecule has 0 unspecified atom stereocenters. The molecule has 0 aromatic heterocycles. The maximum atomic E-state index is 6.16. The summed E-state index contributed by atoms with van der Waals surface area (Å²) in [4.78, 5) is 2.60. The first kappa shape index (κ1) is 20.7. The zero-order chi connectivity index (χ0) is 19.7. The minimum absolute atomic E-state index is 0.324. The summed E-state index contributed by atoms with van der Waals surface area (Å²) in [5.41, 5.74) is 0.371. The molecule has 1 saturated carbocycles. The zero-order valence-electron chi connectivity index (χ0n) is 18.0. The smallest absolute Gasteiger partial charge is 0.492 e. The average Bonchev–Trinajstić information content (AvgIpc) is 3.38. The molecular formula is C22H36BNO3. The van der Waals surface area contributed by atoms with Gasteiger partial charge in [0.05, 0.1) is 11.2 Å². The Morgan fingerprint density at radius 1 is 1.11 bits per heavy atom. The summed E-state index contributed by atoms with van der Waals surface area (Å²) in [6.07, 6.45) is 3.94. The van der Waals surface area contributed by atoms with Gasteiger partial charge >= 0.3 is 7.12 Å². The van der Waals surface area contributed by atoms with Crippen LogP contribution in [0.3, 0.4) is 0 Å². The quantitative estimate of drug-likeness (QED) is 0.615. The second kappa shape index (κ2) is 8.14. The first-order valence-electron chi connectivity index (χ1n) is 10.5. The minimum Gasteiger partial charge on any atom is -0.492 e. The van der Waals surface area contributed by atoms with Gasteiger partial charge < -0.3 is 14.0 Å². The summed E-state index contributed by atoms with van der Waals surface area (Å²) in [6, 6.07) is 8.92. The molecule has 3 rings (SSSR count). The van der Waals surface area contributed by atoms with Crippen LogP contribution in [0.1, 0.15) is 60.8 Å². The van der Waals surface area contributed by atoms with E-state index in [0.717, 1.165) is 36.3 Å². The van der Waals surface area contributed by atoms with E-state index < -0.39 is 0 Å². The molecule has 0 spiro atoms. The number of rotatable bonds is 9. The van der Waals surface area contributed by atoms with Crippen molar-refractivity contribution < 1.29 is 14.0 Å². The summed E-state index contributed by atoms with van der Waals surface area (Å²) in [7, 11) is -0.340. The fraction of sp³-hybridized carbons (Fsp3) is 0.727. The Morgan fingerprint density at radius 3 is 2.37 bits per heavy atom. The maximum Gasteiger partial charge on any atom is 0.494 e. The Hall–Kier alpha value is -1.04. The highest BCUT2D eigenvalue weighted by Crippen LogP contribution is 2.36. The van der Waals surface area contributed by atoms with Crippen LogP contribution in [-0.4, -0.2) is 49.0 Å². The summed E-state index contributed by atoms with van der Waals surface area (Å²) in [5.74, 6) is 1.64. The van der Waals surface area contributed by atoms with Crippen LogP contribution in [0.5, 0.6) is 5.75 Å². The minimum atomic E-state index is -0.340. The number of benzene rings is 1. The molecule has 0 atom stereocenters. The average molecular weight is 373 g/mol. The fourth-order valence-electron chi connectivity index (χ4n) is 3.35. The third-order valence-corrected chi connectivity index (χ3v) is 6.09. The summed E-state index contributed by atoms with van der Waals surface area (Å²) < 4.78 is 18.4. The van der Waals surface area contributed by atoms with Crippen molar-refractivity contribution in [3.8, 4) is 5.75 Å². The molecule has 27 heavy (non-hydrogen) atoms. The summed E-state index contributed by atoms with van der Waals surface area (Å²) in [5, 5.41) is 0. The van der Waals surface area contributed by atoms with Gasteiger partial charge in [0.1, 0.15) is 12.4 Å². The van der Waals surface area contributed by atoms with Crippen LogP contribution in [0.4, 0.5) is 0 Å². The van der Waals surface area contributed by atoms with Crippen LogP contribution in [0.25, 0.3) is 0 Å². The van der Waals surface area contributed by atoms with E-state index in [9.17, 15) is 0 Å². The Bertz CT molecular complexity index is 612. The van der Waals surface area contributed by atoms with E-state index in [1.165, 1.54) is 25.8 Å². The van der Waals surface area contributed by atoms with Crippen molar-refractivity contribution >= 4 is 12.6 Å². The van der Waals surface area contributed by atoms with Crippen molar-refractivity contribution in [2.45, 2.75) is 78.0 Å². The van der Waals surface area contributed by atoms with Crippen LogP contribution < -0.4 is 10.2 Å². The SMILES string of the molecule is CC(C)CCN(CCOc1cccc(B2OC(C)(C)C(C)(C)O2)c1)C1CC1. The molecule has 0 amide bonds. The van der Waals surface area contributed by atoms with E-state index in [2.05, 4.69) is 52.5 Å². The molecule has 1 aliphatic carbocycles. The maximum absolute atomic E-state index is 6.16. The fourth-order valence-corrected chi connectivity index (χ4v) is 3.35. The van der Waals surface area contributed by atoms with Crippen molar-refractivity contribution in [3.63, 3.8) is 0 Å². The molecule has 2 fully saturated rings.